The summed E-state index contributed by atoms with van der Waals surface area (Å²) in [5.74, 6) is 0. The van der Waals surface area contributed by atoms with Gasteiger partial charge in [0.1, 0.15) is 0 Å². The molecule has 0 heterocycles. The second kappa shape index (κ2) is 6.06. The summed E-state index contributed by atoms with van der Waals surface area (Å²) >= 11 is 0. The first-order valence-corrected chi connectivity index (χ1v) is 5.26. The lowest BCUT2D eigenvalue weighted by molar-refractivity contribution is -0.109. The third-order valence-electron chi connectivity index (χ3n) is 2.36. The molecule has 0 unspecified atom stereocenters. The highest BCUT2D eigenvalue weighted by Crippen LogP contribution is 2.14. The van der Waals surface area contributed by atoms with Crippen molar-refractivity contribution in [2.75, 3.05) is 24.5 Å². The molecule has 0 fully saturated rings. The van der Waals surface area contributed by atoms with Crippen molar-refractivity contribution in [3.05, 3.63) is 29.8 Å². The first-order chi connectivity index (χ1) is 7.27. The summed E-state index contributed by atoms with van der Waals surface area (Å²) in [5, 5.41) is 2.68. The van der Waals surface area contributed by atoms with E-state index in [9.17, 15) is 4.79 Å². The summed E-state index contributed by atoms with van der Waals surface area (Å²) in [6.07, 6.45) is 0.740. The Morgan fingerprint density at radius 3 is 2.87 bits per heavy atom. The van der Waals surface area contributed by atoms with Crippen LogP contribution in [0.4, 0.5) is 5.69 Å². The summed E-state index contributed by atoms with van der Waals surface area (Å²) in [7, 11) is 0. The van der Waals surface area contributed by atoms with E-state index in [0.717, 1.165) is 19.5 Å². The fraction of sp³-hybridized carbons (Fsp3) is 0.417. The van der Waals surface area contributed by atoms with Gasteiger partial charge in [0, 0.05) is 25.3 Å². The van der Waals surface area contributed by atoms with Crippen molar-refractivity contribution in [1.82, 2.24) is 5.32 Å². The second-order valence-corrected chi connectivity index (χ2v) is 3.49. The molecule has 3 nitrogen and oxygen atoms in total. The van der Waals surface area contributed by atoms with E-state index < -0.39 is 0 Å². The van der Waals surface area contributed by atoms with Gasteiger partial charge in [-0.05, 0) is 31.5 Å². The van der Waals surface area contributed by atoms with Crippen LogP contribution in [0.15, 0.2) is 24.3 Å². The highest BCUT2D eigenvalue weighted by molar-refractivity contribution is 5.49. The van der Waals surface area contributed by atoms with Crippen LogP contribution < -0.4 is 10.2 Å². The van der Waals surface area contributed by atoms with E-state index in [1.807, 2.05) is 0 Å². The van der Waals surface area contributed by atoms with Crippen LogP contribution in [0.1, 0.15) is 12.5 Å². The van der Waals surface area contributed by atoms with E-state index in [-0.39, 0.29) is 0 Å². The van der Waals surface area contributed by atoms with Crippen LogP contribution in [-0.4, -0.2) is 26.0 Å². The predicted molar refractivity (Wildman–Crippen MR) is 63.1 cm³/mol. The van der Waals surface area contributed by atoms with E-state index in [2.05, 4.69) is 48.3 Å². The number of carbonyl (C=O) groups is 1. The summed E-state index contributed by atoms with van der Waals surface area (Å²) in [4.78, 5) is 12.4. The van der Waals surface area contributed by atoms with Gasteiger partial charge in [0.25, 0.3) is 0 Å². The van der Waals surface area contributed by atoms with Crippen molar-refractivity contribution >= 4 is 12.1 Å². The molecule has 1 aromatic rings. The highest BCUT2D eigenvalue weighted by atomic mass is 16.1. The van der Waals surface area contributed by atoms with Crippen LogP contribution in [0, 0.1) is 6.92 Å². The van der Waals surface area contributed by atoms with Crippen molar-refractivity contribution in [3.63, 3.8) is 0 Å². The molecule has 1 aromatic carbocycles. The fourth-order valence-electron chi connectivity index (χ4n) is 1.55. The molecule has 82 valence electrons. The minimum Gasteiger partial charge on any atom is -0.370 e. The molecule has 0 aliphatic carbocycles. The second-order valence-electron chi connectivity index (χ2n) is 3.49. The Morgan fingerprint density at radius 2 is 2.27 bits per heavy atom. The average molecular weight is 206 g/mol. The number of likely N-dealkylation sites (N-methyl/N-ethyl adjacent to an activating group) is 1. The van der Waals surface area contributed by atoms with Gasteiger partial charge < -0.3 is 10.2 Å². The van der Waals surface area contributed by atoms with Crippen LogP contribution in [0.5, 0.6) is 0 Å². The SMILES string of the molecule is CCN(CCNC=O)c1cccc(C)c1. The van der Waals surface area contributed by atoms with E-state index in [4.69, 9.17) is 0 Å². The monoisotopic (exact) mass is 206 g/mol. The standard InChI is InChI=1S/C12H18N2O/c1-3-14(8-7-13-10-15)12-6-4-5-11(2)9-12/h4-6,9-10H,3,7-8H2,1-2H3,(H,13,15). The lowest BCUT2D eigenvalue weighted by Gasteiger charge is -2.23. The Kier molecular flexibility index (Phi) is 4.68. The maximum atomic E-state index is 10.1. The molecule has 0 atom stereocenters. The van der Waals surface area contributed by atoms with Crippen molar-refractivity contribution in [3.8, 4) is 0 Å². The average Bonchev–Trinajstić information content (AvgIpc) is 2.24. The topological polar surface area (TPSA) is 32.3 Å². The van der Waals surface area contributed by atoms with Gasteiger partial charge in [0.15, 0.2) is 0 Å². The Bertz CT molecular complexity index is 312. The maximum absolute atomic E-state index is 10.1. The van der Waals surface area contributed by atoms with Crippen molar-refractivity contribution in [2.24, 2.45) is 0 Å². The van der Waals surface area contributed by atoms with Crippen molar-refractivity contribution in [1.29, 1.82) is 0 Å². The molecule has 0 bridgehead atoms. The third-order valence-corrected chi connectivity index (χ3v) is 2.36. The predicted octanol–water partition coefficient (Wildman–Crippen LogP) is 1.57. The first kappa shape index (κ1) is 11.6. The molecule has 15 heavy (non-hydrogen) atoms. The van der Waals surface area contributed by atoms with Gasteiger partial charge in [-0.1, -0.05) is 12.1 Å². The molecule has 0 aliphatic rings. The van der Waals surface area contributed by atoms with Gasteiger partial charge in [0.05, 0.1) is 0 Å². The molecule has 0 aromatic heterocycles. The summed E-state index contributed by atoms with van der Waals surface area (Å²) in [6, 6.07) is 8.39. The molecule has 0 saturated carbocycles. The van der Waals surface area contributed by atoms with E-state index in [1.54, 1.807) is 0 Å². The molecule has 0 saturated heterocycles. The highest BCUT2D eigenvalue weighted by Gasteiger charge is 2.02. The van der Waals surface area contributed by atoms with E-state index in [0.29, 0.717) is 6.54 Å². The quantitative estimate of drug-likeness (QED) is 0.566. The van der Waals surface area contributed by atoms with Crippen LogP contribution in [0.3, 0.4) is 0 Å². The molecule has 1 N–H and O–H groups in total. The number of rotatable bonds is 6. The number of nitrogens with zero attached hydrogens (tertiary/aromatic N) is 1. The summed E-state index contributed by atoms with van der Waals surface area (Å²) < 4.78 is 0. The number of carbonyl (C=O) groups excluding carboxylic acids is 1. The van der Waals surface area contributed by atoms with Gasteiger partial charge in [-0.15, -0.1) is 0 Å². The smallest absolute Gasteiger partial charge is 0.207 e. The van der Waals surface area contributed by atoms with Gasteiger partial charge in [-0.3, -0.25) is 4.79 Å². The third kappa shape index (κ3) is 3.62. The molecular weight excluding hydrogens is 188 g/mol. The Morgan fingerprint density at radius 1 is 1.47 bits per heavy atom. The molecule has 1 rings (SSSR count). The van der Waals surface area contributed by atoms with Gasteiger partial charge in [-0.25, -0.2) is 0 Å². The number of aryl methyl sites for hydroxylation is 1. The van der Waals surface area contributed by atoms with Gasteiger partial charge in [0.2, 0.25) is 6.41 Å². The molecular formula is C12H18N2O. The minimum absolute atomic E-state index is 0.686. The Labute approximate surface area is 91.1 Å². The molecule has 3 heteroatoms. The molecule has 1 amide bonds. The first-order valence-electron chi connectivity index (χ1n) is 5.26. The lowest BCUT2D eigenvalue weighted by Crippen LogP contribution is -2.31. The normalized spacial score (nSPS) is 9.73. The van der Waals surface area contributed by atoms with Gasteiger partial charge >= 0.3 is 0 Å². The van der Waals surface area contributed by atoms with E-state index in [1.165, 1.54) is 11.3 Å². The zero-order chi connectivity index (χ0) is 11.1. The zero-order valence-electron chi connectivity index (χ0n) is 9.36. The van der Waals surface area contributed by atoms with Crippen LogP contribution in [0.25, 0.3) is 0 Å². The fourth-order valence-corrected chi connectivity index (χ4v) is 1.55. The maximum Gasteiger partial charge on any atom is 0.207 e. The Hall–Kier alpha value is -1.51. The molecule has 0 spiro atoms. The van der Waals surface area contributed by atoms with Crippen molar-refractivity contribution < 1.29 is 4.79 Å². The summed E-state index contributed by atoms with van der Waals surface area (Å²) in [6.45, 7) is 6.68. The van der Waals surface area contributed by atoms with Crippen LogP contribution in [-0.2, 0) is 4.79 Å². The number of hydrogen-bond donors (Lipinski definition) is 1. The number of nitrogens with one attached hydrogen (secondary N) is 1. The number of anilines is 1. The largest absolute Gasteiger partial charge is 0.370 e. The van der Waals surface area contributed by atoms with Crippen LogP contribution >= 0.6 is 0 Å². The van der Waals surface area contributed by atoms with Crippen LogP contribution in [0.2, 0.25) is 0 Å². The Balaban J connectivity index is 2.61. The van der Waals surface area contributed by atoms with E-state index >= 15 is 0 Å². The lowest BCUT2D eigenvalue weighted by atomic mass is 10.2. The van der Waals surface area contributed by atoms with Gasteiger partial charge in [-0.2, -0.15) is 0 Å². The van der Waals surface area contributed by atoms with Crippen molar-refractivity contribution in [2.45, 2.75) is 13.8 Å². The number of benzene rings is 1. The summed E-state index contributed by atoms with van der Waals surface area (Å²) in [5.41, 5.74) is 2.47. The number of amides is 1. The minimum atomic E-state index is 0.686. The molecule has 0 radical (unpaired) electrons. The number of hydrogen-bond acceptors (Lipinski definition) is 2. The molecule has 0 aliphatic heterocycles. The zero-order valence-corrected chi connectivity index (χ0v) is 9.36.